The molecule has 0 radical (unpaired) electrons. The van der Waals surface area contributed by atoms with Gasteiger partial charge in [-0.3, -0.25) is 9.89 Å². The molecule has 0 saturated carbocycles. The monoisotopic (exact) mass is 297 g/mol. The molecule has 0 bridgehead atoms. The molecule has 22 heavy (non-hydrogen) atoms. The molecule has 0 unspecified atom stereocenters. The number of hydrogen-bond donors (Lipinski definition) is 1. The molecule has 1 aliphatic heterocycles. The summed E-state index contributed by atoms with van der Waals surface area (Å²) in [7, 11) is 0. The van der Waals surface area contributed by atoms with Gasteiger partial charge in [0.25, 0.3) is 5.91 Å². The van der Waals surface area contributed by atoms with Crippen LogP contribution in [0.25, 0.3) is 11.5 Å². The number of furan rings is 2. The topological polar surface area (TPSA) is 75.3 Å². The molecule has 4 rings (SSSR count). The van der Waals surface area contributed by atoms with Crippen LogP contribution in [0.3, 0.4) is 0 Å². The minimum Gasteiger partial charge on any atom is -0.467 e. The van der Waals surface area contributed by atoms with Crippen LogP contribution in [0.4, 0.5) is 0 Å². The lowest BCUT2D eigenvalue weighted by Crippen LogP contribution is -2.30. The Balaban J connectivity index is 1.89. The van der Waals surface area contributed by atoms with Crippen molar-refractivity contribution in [1.29, 1.82) is 0 Å². The number of hydrogen-bond acceptors (Lipinski definition) is 4. The van der Waals surface area contributed by atoms with E-state index in [1.807, 2.05) is 31.2 Å². The summed E-state index contributed by atoms with van der Waals surface area (Å²) in [4.78, 5) is 14.4. The summed E-state index contributed by atoms with van der Waals surface area (Å²) in [5.74, 6) is 1.32. The van der Waals surface area contributed by atoms with Crippen LogP contribution in [0.15, 0.2) is 45.6 Å². The molecular formula is C16H15N3O3. The zero-order valence-corrected chi connectivity index (χ0v) is 12.1. The highest BCUT2D eigenvalue weighted by molar-refractivity contribution is 5.99. The lowest BCUT2D eigenvalue weighted by atomic mass is 10.0. The molecule has 1 amide bonds. The highest BCUT2D eigenvalue weighted by Crippen LogP contribution is 2.42. The van der Waals surface area contributed by atoms with E-state index in [9.17, 15) is 4.79 Å². The molecule has 1 N–H and O–H groups in total. The van der Waals surface area contributed by atoms with Gasteiger partial charge in [0.05, 0.1) is 12.5 Å². The van der Waals surface area contributed by atoms with Crippen LogP contribution in [-0.2, 0) is 0 Å². The summed E-state index contributed by atoms with van der Waals surface area (Å²) in [6, 6.07) is 7.10. The van der Waals surface area contributed by atoms with Crippen molar-refractivity contribution in [1.82, 2.24) is 15.1 Å². The SMILES string of the molecule is CCCN1C(=O)c2n[nH]c(-c3ccco3)c2[C@H]1c1ccco1. The molecule has 0 saturated heterocycles. The van der Waals surface area contributed by atoms with E-state index in [0.717, 1.165) is 23.4 Å². The molecule has 1 atom stereocenters. The Morgan fingerprint density at radius 1 is 1.27 bits per heavy atom. The van der Waals surface area contributed by atoms with Gasteiger partial charge in [0.15, 0.2) is 11.5 Å². The van der Waals surface area contributed by atoms with E-state index in [-0.39, 0.29) is 11.9 Å². The van der Waals surface area contributed by atoms with E-state index in [0.29, 0.717) is 18.0 Å². The average molecular weight is 297 g/mol. The fourth-order valence-corrected chi connectivity index (χ4v) is 3.01. The first-order chi connectivity index (χ1) is 10.8. The maximum absolute atomic E-state index is 12.6. The number of nitrogens with one attached hydrogen (secondary N) is 1. The summed E-state index contributed by atoms with van der Waals surface area (Å²) >= 11 is 0. The first-order valence-electron chi connectivity index (χ1n) is 7.27. The van der Waals surface area contributed by atoms with Crippen molar-refractivity contribution in [2.75, 3.05) is 6.54 Å². The molecular weight excluding hydrogens is 282 g/mol. The van der Waals surface area contributed by atoms with Gasteiger partial charge >= 0.3 is 0 Å². The Labute approximate surface area is 126 Å². The van der Waals surface area contributed by atoms with Crippen molar-refractivity contribution in [3.63, 3.8) is 0 Å². The number of fused-ring (bicyclic) bond motifs is 1. The highest BCUT2D eigenvalue weighted by Gasteiger charge is 2.43. The zero-order valence-electron chi connectivity index (χ0n) is 12.1. The third-order valence-corrected chi connectivity index (χ3v) is 3.90. The standard InChI is InChI=1S/C16H15N3O3/c1-2-7-19-15(11-6-4-9-22-11)12-13(10-5-3-8-21-10)17-18-14(12)16(19)20/h3-6,8-9,15H,2,7H2,1H3,(H,17,18)/t15-/m1/s1. The normalized spacial score (nSPS) is 17.2. The second kappa shape index (κ2) is 4.91. The number of nitrogens with zero attached hydrogens (tertiary/aromatic N) is 2. The van der Waals surface area contributed by atoms with Crippen molar-refractivity contribution < 1.29 is 13.6 Å². The largest absolute Gasteiger partial charge is 0.467 e. The van der Waals surface area contributed by atoms with Gasteiger partial charge in [0.2, 0.25) is 0 Å². The maximum atomic E-state index is 12.6. The average Bonchev–Trinajstić information content (AvgIpc) is 3.26. The summed E-state index contributed by atoms with van der Waals surface area (Å²) < 4.78 is 11.0. The fraction of sp³-hybridized carbons (Fsp3) is 0.250. The summed E-state index contributed by atoms with van der Waals surface area (Å²) in [6.45, 7) is 2.70. The van der Waals surface area contributed by atoms with Crippen molar-refractivity contribution in [3.05, 3.63) is 53.8 Å². The smallest absolute Gasteiger partial charge is 0.275 e. The Bertz CT molecular complexity index is 787. The Hall–Kier alpha value is -2.76. The number of rotatable bonds is 4. The lowest BCUT2D eigenvalue weighted by Gasteiger charge is -2.23. The van der Waals surface area contributed by atoms with Gasteiger partial charge in [0, 0.05) is 12.1 Å². The zero-order chi connectivity index (χ0) is 15.1. The van der Waals surface area contributed by atoms with Crippen molar-refractivity contribution in [3.8, 4) is 11.5 Å². The van der Waals surface area contributed by atoms with Crippen LogP contribution in [-0.4, -0.2) is 27.5 Å². The number of H-pyrrole nitrogens is 1. The number of amides is 1. The summed E-state index contributed by atoms with van der Waals surface area (Å²) in [5, 5.41) is 7.14. The van der Waals surface area contributed by atoms with Crippen molar-refractivity contribution >= 4 is 5.91 Å². The number of carbonyl (C=O) groups is 1. The van der Waals surface area contributed by atoms with Crippen LogP contribution in [0.5, 0.6) is 0 Å². The molecule has 3 aromatic rings. The van der Waals surface area contributed by atoms with Gasteiger partial charge in [-0.1, -0.05) is 6.92 Å². The van der Waals surface area contributed by atoms with Gasteiger partial charge < -0.3 is 13.7 Å². The van der Waals surface area contributed by atoms with E-state index in [4.69, 9.17) is 8.83 Å². The molecule has 4 heterocycles. The van der Waals surface area contributed by atoms with E-state index in [1.54, 1.807) is 17.4 Å². The third kappa shape index (κ3) is 1.73. The van der Waals surface area contributed by atoms with Gasteiger partial charge in [-0.15, -0.1) is 0 Å². The number of aromatic amines is 1. The third-order valence-electron chi connectivity index (χ3n) is 3.90. The van der Waals surface area contributed by atoms with Crippen LogP contribution in [0.1, 0.15) is 41.2 Å². The Morgan fingerprint density at radius 2 is 2.09 bits per heavy atom. The maximum Gasteiger partial charge on any atom is 0.275 e. The van der Waals surface area contributed by atoms with Gasteiger partial charge in [0.1, 0.15) is 17.5 Å². The van der Waals surface area contributed by atoms with E-state index >= 15 is 0 Å². The predicted molar refractivity (Wildman–Crippen MR) is 78.2 cm³/mol. The predicted octanol–water partition coefficient (Wildman–Crippen LogP) is 3.22. The molecule has 0 fully saturated rings. The molecule has 0 spiro atoms. The second-order valence-electron chi connectivity index (χ2n) is 5.25. The second-order valence-corrected chi connectivity index (χ2v) is 5.25. The minimum atomic E-state index is -0.267. The molecule has 112 valence electrons. The van der Waals surface area contributed by atoms with Crippen LogP contribution < -0.4 is 0 Å². The van der Waals surface area contributed by atoms with E-state index in [2.05, 4.69) is 10.2 Å². The van der Waals surface area contributed by atoms with Gasteiger partial charge in [-0.2, -0.15) is 5.10 Å². The Kier molecular flexibility index (Phi) is 2.89. The molecule has 1 aliphatic rings. The molecule has 6 nitrogen and oxygen atoms in total. The fourth-order valence-electron chi connectivity index (χ4n) is 3.01. The Morgan fingerprint density at radius 3 is 2.77 bits per heavy atom. The summed E-state index contributed by atoms with van der Waals surface area (Å²) in [5.41, 5.74) is 2.00. The van der Waals surface area contributed by atoms with Crippen LogP contribution in [0, 0.1) is 0 Å². The molecule has 0 aromatic carbocycles. The van der Waals surface area contributed by atoms with E-state index in [1.165, 1.54) is 0 Å². The highest BCUT2D eigenvalue weighted by atomic mass is 16.3. The minimum absolute atomic E-state index is 0.0766. The van der Waals surface area contributed by atoms with Crippen LogP contribution >= 0.6 is 0 Å². The number of carbonyl (C=O) groups excluding carboxylic acids is 1. The van der Waals surface area contributed by atoms with Gasteiger partial charge in [-0.05, 0) is 30.7 Å². The van der Waals surface area contributed by atoms with Gasteiger partial charge in [-0.25, -0.2) is 0 Å². The van der Waals surface area contributed by atoms with Crippen LogP contribution in [0.2, 0.25) is 0 Å². The van der Waals surface area contributed by atoms with E-state index < -0.39 is 0 Å². The lowest BCUT2D eigenvalue weighted by molar-refractivity contribution is 0.0730. The summed E-state index contributed by atoms with van der Waals surface area (Å²) in [6.07, 6.45) is 4.09. The molecule has 0 aliphatic carbocycles. The quantitative estimate of drug-likeness (QED) is 0.802. The molecule has 3 aromatic heterocycles. The van der Waals surface area contributed by atoms with Crippen molar-refractivity contribution in [2.24, 2.45) is 0 Å². The first kappa shape index (κ1) is 12.9. The van der Waals surface area contributed by atoms with Crippen molar-refractivity contribution in [2.45, 2.75) is 19.4 Å². The molecule has 6 heteroatoms. The number of aromatic nitrogens is 2. The first-order valence-corrected chi connectivity index (χ1v) is 7.27.